The number of nitrogens with zero attached hydrogens (tertiary/aromatic N) is 1. The lowest BCUT2D eigenvalue weighted by atomic mass is 10.1. The van der Waals surface area contributed by atoms with E-state index in [0.29, 0.717) is 22.2 Å². The van der Waals surface area contributed by atoms with E-state index in [1.807, 2.05) is 20.8 Å². The maximum atomic E-state index is 12.1. The van der Waals surface area contributed by atoms with Crippen molar-refractivity contribution in [2.24, 2.45) is 0 Å². The highest BCUT2D eigenvalue weighted by atomic mass is 35.5. The number of ether oxygens (including phenoxy) is 1. The summed E-state index contributed by atoms with van der Waals surface area (Å²) in [6, 6.07) is 4.53. The van der Waals surface area contributed by atoms with Gasteiger partial charge in [-0.1, -0.05) is 22.8 Å². The summed E-state index contributed by atoms with van der Waals surface area (Å²) in [7, 11) is 1.50. The van der Waals surface area contributed by atoms with Gasteiger partial charge in [-0.15, -0.1) is 0 Å². The first-order chi connectivity index (χ1) is 10.4. The molecule has 1 heterocycles. The number of benzene rings is 1. The summed E-state index contributed by atoms with van der Waals surface area (Å²) in [5.74, 6) is 1.11. The summed E-state index contributed by atoms with van der Waals surface area (Å²) in [5, 5.41) is 9.87. The van der Waals surface area contributed by atoms with Crippen molar-refractivity contribution in [1.82, 2.24) is 10.5 Å². The number of anilines is 1. The minimum Gasteiger partial charge on any atom is -0.493 e. The van der Waals surface area contributed by atoms with E-state index in [0.717, 1.165) is 11.3 Å². The number of carbonyl (C=O) groups excluding carboxylic acids is 1. The third kappa shape index (κ3) is 3.33. The maximum Gasteiger partial charge on any atom is 0.319 e. The number of urea groups is 1. The van der Waals surface area contributed by atoms with E-state index in [-0.39, 0.29) is 12.1 Å². The molecular formula is C15H18ClN3O3. The Bertz CT molecular complexity index is 665. The monoisotopic (exact) mass is 323 g/mol. The molecule has 2 rings (SSSR count). The molecule has 1 aromatic carbocycles. The quantitative estimate of drug-likeness (QED) is 0.896. The SMILES string of the molecule is COc1c(Cl)cccc1NC(=O)N[C@H](C)c1c(C)noc1C. The van der Waals surface area contributed by atoms with Crippen molar-refractivity contribution >= 4 is 23.3 Å². The van der Waals surface area contributed by atoms with E-state index in [4.69, 9.17) is 20.9 Å². The van der Waals surface area contributed by atoms with Gasteiger partial charge < -0.3 is 19.9 Å². The molecule has 0 spiro atoms. The van der Waals surface area contributed by atoms with Gasteiger partial charge in [0.2, 0.25) is 0 Å². The fraction of sp³-hybridized carbons (Fsp3) is 0.333. The smallest absolute Gasteiger partial charge is 0.319 e. The first kappa shape index (κ1) is 16.2. The second-order valence-electron chi connectivity index (χ2n) is 4.88. The highest BCUT2D eigenvalue weighted by Crippen LogP contribution is 2.32. The predicted molar refractivity (Wildman–Crippen MR) is 84.6 cm³/mol. The van der Waals surface area contributed by atoms with E-state index in [2.05, 4.69) is 15.8 Å². The highest BCUT2D eigenvalue weighted by molar-refractivity contribution is 6.32. The molecule has 1 atom stereocenters. The third-order valence-electron chi connectivity index (χ3n) is 3.29. The van der Waals surface area contributed by atoms with Gasteiger partial charge in [-0.25, -0.2) is 4.79 Å². The largest absolute Gasteiger partial charge is 0.493 e. The Morgan fingerprint density at radius 2 is 2.14 bits per heavy atom. The van der Waals surface area contributed by atoms with Crippen molar-refractivity contribution in [3.05, 3.63) is 40.2 Å². The number of aryl methyl sites for hydroxylation is 2. The average molecular weight is 324 g/mol. The van der Waals surface area contributed by atoms with Crippen molar-refractivity contribution in [1.29, 1.82) is 0 Å². The maximum absolute atomic E-state index is 12.1. The van der Waals surface area contributed by atoms with E-state index < -0.39 is 0 Å². The topological polar surface area (TPSA) is 76.4 Å². The molecule has 0 saturated carbocycles. The summed E-state index contributed by atoms with van der Waals surface area (Å²) in [6.07, 6.45) is 0. The zero-order valence-corrected chi connectivity index (χ0v) is 13.6. The summed E-state index contributed by atoms with van der Waals surface area (Å²) in [4.78, 5) is 12.1. The van der Waals surface area contributed by atoms with Crippen LogP contribution in [0, 0.1) is 13.8 Å². The van der Waals surface area contributed by atoms with E-state index >= 15 is 0 Å². The molecule has 0 aliphatic rings. The van der Waals surface area contributed by atoms with Crippen LogP contribution in [-0.4, -0.2) is 18.3 Å². The number of methoxy groups -OCH3 is 1. The van der Waals surface area contributed by atoms with Gasteiger partial charge in [-0.2, -0.15) is 0 Å². The van der Waals surface area contributed by atoms with E-state index in [1.165, 1.54) is 7.11 Å². The number of amides is 2. The fourth-order valence-corrected chi connectivity index (χ4v) is 2.60. The minimum absolute atomic E-state index is 0.239. The van der Waals surface area contributed by atoms with Crippen molar-refractivity contribution in [3.8, 4) is 5.75 Å². The molecule has 6 nitrogen and oxygen atoms in total. The van der Waals surface area contributed by atoms with Gasteiger partial charge in [0.15, 0.2) is 5.75 Å². The molecule has 2 aromatic rings. The Labute approximate surface area is 133 Å². The normalized spacial score (nSPS) is 11.9. The molecule has 0 unspecified atom stereocenters. The molecule has 0 aliphatic heterocycles. The van der Waals surface area contributed by atoms with Crippen molar-refractivity contribution in [2.45, 2.75) is 26.8 Å². The fourth-order valence-electron chi connectivity index (χ4n) is 2.35. The second-order valence-corrected chi connectivity index (χ2v) is 5.29. The van der Waals surface area contributed by atoms with Gasteiger partial charge in [-0.3, -0.25) is 0 Å². The van der Waals surface area contributed by atoms with Crippen LogP contribution in [0.4, 0.5) is 10.5 Å². The Balaban J connectivity index is 2.09. The Hall–Kier alpha value is -2.21. The molecule has 0 radical (unpaired) electrons. The Morgan fingerprint density at radius 1 is 1.41 bits per heavy atom. The molecule has 0 saturated heterocycles. The van der Waals surface area contributed by atoms with Gasteiger partial charge in [0, 0.05) is 5.56 Å². The summed E-state index contributed by atoms with van der Waals surface area (Å²) >= 11 is 6.02. The minimum atomic E-state index is -0.368. The number of nitrogens with one attached hydrogen (secondary N) is 2. The number of hydrogen-bond donors (Lipinski definition) is 2. The number of rotatable bonds is 4. The standard InChI is InChI=1S/C15H18ClN3O3/c1-8(13-9(2)19-22-10(13)3)17-15(20)18-12-7-5-6-11(16)14(12)21-4/h5-8H,1-4H3,(H2,17,18,20)/t8-/m1/s1. The molecule has 2 amide bonds. The van der Waals surface area contributed by atoms with E-state index in [1.54, 1.807) is 18.2 Å². The lowest BCUT2D eigenvalue weighted by Gasteiger charge is -2.16. The number of para-hydroxylation sites is 1. The predicted octanol–water partition coefficient (Wildman–Crippen LogP) is 3.84. The first-order valence-electron chi connectivity index (χ1n) is 6.76. The molecule has 0 fully saturated rings. The third-order valence-corrected chi connectivity index (χ3v) is 3.59. The zero-order chi connectivity index (χ0) is 16.3. The molecule has 22 heavy (non-hydrogen) atoms. The van der Waals surface area contributed by atoms with Crippen molar-refractivity contribution in [3.63, 3.8) is 0 Å². The van der Waals surface area contributed by atoms with Gasteiger partial charge in [0.25, 0.3) is 0 Å². The van der Waals surface area contributed by atoms with Crippen molar-refractivity contribution < 1.29 is 14.1 Å². The highest BCUT2D eigenvalue weighted by Gasteiger charge is 2.19. The summed E-state index contributed by atoms with van der Waals surface area (Å²) < 4.78 is 10.3. The van der Waals surface area contributed by atoms with Crippen LogP contribution < -0.4 is 15.4 Å². The lowest BCUT2D eigenvalue weighted by molar-refractivity contribution is 0.249. The van der Waals surface area contributed by atoms with Crippen LogP contribution >= 0.6 is 11.6 Å². The number of hydrogen-bond acceptors (Lipinski definition) is 4. The van der Waals surface area contributed by atoms with E-state index in [9.17, 15) is 4.79 Å². The van der Waals surface area contributed by atoms with Gasteiger partial charge >= 0.3 is 6.03 Å². The van der Waals surface area contributed by atoms with Gasteiger partial charge in [-0.05, 0) is 32.9 Å². The molecule has 2 N–H and O–H groups in total. The second kappa shape index (κ2) is 6.70. The summed E-state index contributed by atoms with van der Waals surface area (Å²) in [5.41, 5.74) is 2.12. The molecule has 0 bridgehead atoms. The van der Waals surface area contributed by atoms with Crippen LogP contribution in [0.1, 0.15) is 30.0 Å². The van der Waals surface area contributed by atoms with Crippen LogP contribution in [0.15, 0.2) is 22.7 Å². The molecule has 0 aliphatic carbocycles. The number of aromatic nitrogens is 1. The first-order valence-corrected chi connectivity index (χ1v) is 7.14. The lowest BCUT2D eigenvalue weighted by Crippen LogP contribution is -2.31. The van der Waals surface area contributed by atoms with Crippen LogP contribution in [0.5, 0.6) is 5.75 Å². The van der Waals surface area contributed by atoms with Crippen LogP contribution in [0.3, 0.4) is 0 Å². The Morgan fingerprint density at radius 3 is 2.73 bits per heavy atom. The summed E-state index contributed by atoms with van der Waals surface area (Å²) in [6.45, 7) is 5.51. The van der Waals surface area contributed by atoms with Crippen molar-refractivity contribution in [2.75, 3.05) is 12.4 Å². The number of halogens is 1. The molecular weight excluding hydrogens is 306 g/mol. The van der Waals surface area contributed by atoms with Gasteiger partial charge in [0.1, 0.15) is 5.76 Å². The molecule has 7 heteroatoms. The van der Waals surface area contributed by atoms with Gasteiger partial charge in [0.05, 0.1) is 29.6 Å². The van der Waals surface area contributed by atoms with Crippen LogP contribution in [0.25, 0.3) is 0 Å². The van der Waals surface area contributed by atoms with Crippen LogP contribution in [-0.2, 0) is 0 Å². The molecule has 118 valence electrons. The molecule has 1 aromatic heterocycles. The van der Waals surface area contributed by atoms with Crippen LogP contribution in [0.2, 0.25) is 5.02 Å². The average Bonchev–Trinajstić information content (AvgIpc) is 2.78. The Kier molecular flexibility index (Phi) is 4.92. The zero-order valence-electron chi connectivity index (χ0n) is 12.9. The number of carbonyl (C=O) groups is 1.